The molecule has 3 heterocycles. The van der Waals surface area contributed by atoms with Gasteiger partial charge in [0, 0.05) is 56.2 Å². The predicted octanol–water partition coefficient (Wildman–Crippen LogP) is 12.8. The first kappa shape index (κ1) is 31.9. The Morgan fingerprint density at radius 3 is 2.14 bits per heavy atom. The molecule has 1 atom stereocenters. The average molecular weight is 727 g/mol. The maximum absolute atomic E-state index is 5.35. The van der Waals surface area contributed by atoms with Crippen molar-refractivity contribution in [1.82, 2.24) is 19.5 Å². The van der Waals surface area contributed by atoms with Crippen molar-refractivity contribution in [3.05, 3.63) is 222 Å². The highest BCUT2D eigenvalue weighted by molar-refractivity contribution is 6.09. The van der Waals surface area contributed by atoms with Crippen molar-refractivity contribution in [2.24, 2.45) is 5.92 Å². The minimum atomic E-state index is 0.205. The zero-order valence-corrected chi connectivity index (χ0v) is 31.0. The van der Waals surface area contributed by atoms with Gasteiger partial charge in [0.25, 0.3) is 0 Å². The second-order valence-electron chi connectivity index (χ2n) is 15.1. The fourth-order valence-corrected chi connectivity index (χ4v) is 9.31. The number of fused-ring (bicyclic) bond motifs is 4. The molecule has 4 aliphatic carbocycles. The van der Waals surface area contributed by atoms with Crippen LogP contribution in [-0.4, -0.2) is 19.5 Å². The number of allylic oxidation sites excluding steroid dienone is 14. The van der Waals surface area contributed by atoms with Gasteiger partial charge in [-0.15, -0.1) is 0 Å². The van der Waals surface area contributed by atoms with Crippen molar-refractivity contribution >= 4 is 38.3 Å². The maximum atomic E-state index is 5.35. The second-order valence-corrected chi connectivity index (χ2v) is 15.1. The number of aromatic nitrogens is 4. The molecular weight excluding hydrogens is 693 g/mol. The van der Waals surface area contributed by atoms with Crippen LogP contribution in [0.5, 0.6) is 0 Å². The number of pyridine rings is 1. The van der Waals surface area contributed by atoms with Gasteiger partial charge in [-0.05, 0) is 76.2 Å². The first-order valence-corrected chi connectivity index (χ1v) is 19.6. The van der Waals surface area contributed by atoms with E-state index in [1.165, 1.54) is 49.7 Å². The third-order valence-corrected chi connectivity index (χ3v) is 12.0. The summed E-state index contributed by atoms with van der Waals surface area (Å²) in [4.78, 5) is 15.4. The summed E-state index contributed by atoms with van der Waals surface area (Å²) in [5.41, 5.74) is 18.5. The van der Waals surface area contributed by atoms with E-state index in [9.17, 15) is 0 Å². The third-order valence-electron chi connectivity index (χ3n) is 12.0. The second kappa shape index (κ2) is 12.6. The lowest BCUT2D eigenvalue weighted by molar-refractivity contribution is 0.834. The monoisotopic (exact) mass is 726 g/mol. The van der Waals surface area contributed by atoms with Crippen molar-refractivity contribution in [2.75, 3.05) is 0 Å². The van der Waals surface area contributed by atoms with E-state index in [1.807, 2.05) is 12.3 Å². The van der Waals surface area contributed by atoms with Crippen molar-refractivity contribution in [1.29, 1.82) is 0 Å². The average Bonchev–Trinajstić information content (AvgIpc) is 3.62. The Balaban J connectivity index is 0.998. The Hall–Kier alpha value is -7.43. The first-order valence-electron chi connectivity index (χ1n) is 19.6. The molecule has 266 valence electrons. The highest BCUT2D eigenvalue weighted by Crippen LogP contribution is 2.49. The molecule has 4 heteroatoms. The van der Waals surface area contributed by atoms with Gasteiger partial charge >= 0.3 is 0 Å². The summed E-state index contributed by atoms with van der Waals surface area (Å²) < 4.78 is 2.36. The number of benzene rings is 5. The minimum Gasteiger partial charge on any atom is -0.309 e. The number of hydrogen-bond donors (Lipinski definition) is 0. The van der Waals surface area contributed by atoms with Crippen LogP contribution in [0.1, 0.15) is 12.1 Å². The molecule has 5 aromatic carbocycles. The van der Waals surface area contributed by atoms with Gasteiger partial charge in [-0.3, -0.25) is 4.98 Å². The van der Waals surface area contributed by atoms with Crippen LogP contribution in [0.4, 0.5) is 0 Å². The molecule has 1 unspecified atom stereocenters. The molecule has 0 saturated heterocycles. The summed E-state index contributed by atoms with van der Waals surface area (Å²) in [7, 11) is 0. The molecule has 4 nitrogen and oxygen atoms in total. The van der Waals surface area contributed by atoms with Crippen LogP contribution in [-0.2, 0) is 0 Å². The quantitative estimate of drug-likeness (QED) is 0.177. The van der Waals surface area contributed by atoms with Crippen LogP contribution in [0, 0.1) is 5.92 Å². The molecule has 12 rings (SSSR count). The molecule has 3 aromatic heterocycles. The molecule has 8 aromatic rings. The number of rotatable bonds is 5. The molecule has 0 fully saturated rings. The molecule has 0 bridgehead atoms. The van der Waals surface area contributed by atoms with Crippen LogP contribution in [0.25, 0.3) is 77.7 Å². The third kappa shape index (κ3) is 5.04. The normalized spacial score (nSPS) is 16.7. The predicted molar refractivity (Wildman–Crippen MR) is 234 cm³/mol. The minimum absolute atomic E-state index is 0.205. The van der Waals surface area contributed by atoms with Gasteiger partial charge < -0.3 is 4.57 Å². The van der Waals surface area contributed by atoms with Crippen LogP contribution < -0.4 is 0 Å². The van der Waals surface area contributed by atoms with Crippen molar-refractivity contribution in [3.8, 4) is 39.5 Å². The SMILES string of the molecule is C1=CC2=C3C(=CC=C4C=CC(c5cc(-c6ccc(-n7c8ccccc8c8ccccc87)cc6)nc(-c6ccc(-c7cccc8cccnc78)cc6)n5)=C(C=C2)C43)C1. The van der Waals surface area contributed by atoms with E-state index in [0.717, 1.165) is 62.2 Å². The van der Waals surface area contributed by atoms with E-state index < -0.39 is 0 Å². The molecule has 57 heavy (non-hydrogen) atoms. The molecular formula is C53H34N4. The van der Waals surface area contributed by atoms with Crippen molar-refractivity contribution < 1.29 is 0 Å². The smallest absolute Gasteiger partial charge is 0.160 e. The van der Waals surface area contributed by atoms with Crippen LogP contribution >= 0.6 is 0 Å². The van der Waals surface area contributed by atoms with Gasteiger partial charge in [0.05, 0.1) is 27.9 Å². The summed E-state index contributed by atoms with van der Waals surface area (Å²) in [5.74, 6) is 0.903. The molecule has 0 aliphatic heterocycles. The summed E-state index contributed by atoms with van der Waals surface area (Å²) in [6.45, 7) is 0. The van der Waals surface area contributed by atoms with E-state index in [4.69, 9.17) is 15.0 Å². The van der Waals surface area contributed by atoms with Gasteiger partial charge in [0.2, 0.25) is 0 Å². The summed E-state index contributed by atoms with van der Waals surface area (Å²) in [6, 6.07) is 47.3. The number of para-hydroxylation sites is 3. The van der Waals surface area contributed by atoms with Gasteiger partial charge in [-0.2, -0.15) is 0 Å². The van der Waals surface area contributed by atoms with Gasteiger partial charge in [-0.1, -0.05) is 146 Å². The van der Waals surface area contributed by atoms with Crippen molar-refractivity contribution in [3.63, 3.8) is 0 Å². The van der Waals surface area contributed by atoms with Crippen LogP contribution in [0.15, 0.2) is 216 Å². The first-order chi connectivity index (χ1) is 28.2. The lowest BCUT2D eigenvalue weighted by Gasteiger charge is -2.36. The molecule has 4 aliphatic rings. The molecule has 0 radical (unpaired) electrons. The summed E-state index contributed by atoms with van der Waals surface area (Å²) >= 11 is 0. The van der Waals surface area contributed by atoms with E-state index in [1.54, 1.807) is 0 Å². The lowest BCUT2D eigenvalue weighted by atomic mass is 9.67. The number of hydrogen-bond acceptors (Lipinski definition) is 3. The van der Waals surface area contributed by atoms with E-state index >= 15 is 0 Å². The Morgan fingerprint density at radius 2 is 1.32 bits per heavy atom. The zero-order chi connectivity index (χ0) is 37.5. The van der Waals surface area contributed by atoms with E-state index in [2.05, 4.69) is 181 Å². The fourth-order valence-electron chi connectivity index (χ4n) is 9.31. The Morgan fingerprint density at radius 1 is 0.579 bits per heavy atom. The fraction of sp³-hybridized carbons (Fsp3) is 0.0377. The van der Waals surface area contributed by atoms with Crippen molar-refractivity contribution in [2.45, 2.75) is 6.42 Å². The molecule has 0 spiro atoms. The zero-order valence-electron chi connectivity index (χ0n) is 31.0. The highest BCUT2D eigenvalue weighted by atomic mass is 15.0. The standard InChI is InChI=1S/C53H34N4/c1-3-15-48-43(12-1)44-13-2-4-16-49(44)57(48)40-27-23-34(24-28-40)46-32-47(42-29-25-37-20-19-35-8-5-9-36-26-30-45(42)51(37)50(35)36)56-53(55-46)39-21-17-33(18-22-39)41-14-6-10-38-11-7-31-54-52(38)41/h1-7,9-32,51H,8H2. The number of nitrogens with zero attached hydrogens (tertiary/aromatic N) is 4. The molecule has 0 saturated carbocycles. The van der Waals surface area contributed by atoms with Crippen LogP contribution in [0.3, 0.4) is 0 Å². The van der Waals surface area contributed by atoms with Crippen LogP contribution in [0.2, 0.25) is 0 Å². The van der Waals surface area contributed by atoms with Gasteiger partial charge in [0.1, 0.15) is 0 Å². The van der Waals surface area contributed by atoms with Gasteiger partial charge in [-0.25, -0.2) is 9.97 Å². The van der Waals surface area contributed by atoms with E-state index in [-0.39, 0.29) is 5.92 Å². The Kier molecular flexibility index (Phi) is 7.02. The van der Waals surface area contributed by atoms with Gasteiger partial charge in [0.15, 0.2) is 5.82 Å². The highest BCUT2D eigenvalue weighted by Gasteiger charge is 2.34. The Bertz CT molecular complexity index is 3180. The summed E-state index contributed by atoms with van der Waals surface area (Å²) in [5, 5.41) is 3.63. The molecule has 0 amide bonds. The Labute approximate surface area is 330 Å². The lowest BCUT2D eigenvalue weighted by Crippen LogP contribution is -2.22. The van der Waals surface area contributed by atoms with E-state index in [0.29, 0.717) is 5.82 Å². The topological polar surface area (TPSA) is 43.6 Å². The molecule has 0 N–H and O–H groups in total. The summed E-state index contributed by atoms with van der Waals surface area (Å²) in [6.07, 6.45) is 21.1. The largest absolute Gasteiger partial charge is 0.309 e. The maximum Gasteiger partial charge on any atom is 0.160 e.